The van der Waals surface area contributed by atoms with Crippen LogP contribution in [0.15, 0.2) is 36.5 Å². The van der Waals surface area contributed by atoms with Crippen molar-refractivity contribution in [2.75, 3.05) is 0 Å². The maximum Gasteiger partial charge on any atom is 0.134 e. The maximum atomic E-state index is 9.48. The Balaban J connectivity index is 2.50. The summed E-state index contributed by atoms with van der Waals surface area (Å²) in [7, 11) is 0. The molecule has 1 aromatic carbocycles. The SMILES string of the molecule is Cc1cc(-c2ccc(Cl)c(O)c2)ccn1. The average molecular weight is 220 g/mol. The molecule has 0 atom stereocenters. The van der Waals surface area contributed by atoms with Crippen LogP contribution in [-0.4, -0.2) is 10.1 Å². The molecular weight excluding hydrogens is 210 g/mol. The van der Waals surface area contributed by atoms with Crippen molar-refractivity contribution in [3.8, 4) is 16.9 Å². The first-order valence-corrected chi connectivity index (χ1v) is 4.96. The van der Waals surface area contributed by atoms with Crippen LogP contribution in [0.1, 0.15) is 5.69 Å². The second-order valence-corrected chi connectivity index (χ2v) is 3.76. The van der Waals surface area contributed by atoms with Crippen LogP contribution in [0.5, 0.6) is 5.75 Å². The topological polar surface area (TPSA) is 33.1 Å². The summed E-state index contributed by atoms with van der Waals surface area (Å²) in [6, 6.07) is 9.06. The van der Waals surface area contributed by atoms with E-state index in [1.807, 2.05) is 25.1 Å². The summed E-state index contributed by atoms with van der Waals surface area (Å²) in [6.07, 6.45) is 1.75. The Labute approximate surface area is 93.2 Å². The lowest BCUT2D eigenvalue weighted by molar-refractivity contribution is 0.476. The van der Waals surface area contributed by atoms with E-state index in [4.69, 9.17) is 11.6 Å². The number of benzene rings is 1. The second kappa shape index (κ2) is 3.91. The van der Waals surface area contributed by atoms with Gasteiger partial charge in [-0.2, -0.15) is 0 Å². The Morgan fingerprint density at radius 2 is 1.87 bits per heavy atom. The molecule has 15 heavy (non-hydrogen) atoms. The van der Waals surface area contributed by atoms with E-state index in [0.29, 0.717) is 5.02 Å². The quantitative estimate of drug-likeness (QED) is 0.797. The first-order chi connectivity index (χ1) is 7.16. The molecule has 1 aromatic heterocycles. The molecule has 0 aliphatic heterocycles. The van der Waals surface area contributed by atoms with E-state index in [9.17, 15) is 5.11 Å². The molecular formula is C12H10ClNO. The second-order valence-electron chi connectivity index (χ2n) is 3.35. The zero-order valence-corrected chi connectivity index (χ0v) is 8.99. The lowest BCUT2D eigenvalue weighted by Gasteiger charge is -2.04. The number of pyridine rings is 1. The van der Waals surface area contributed by atoms with Crippen molar-refractivity contribution in [3.63, 3.8) is 0 Å². The number of nitrogens with zero attached hydrogens (tertiary/aromatic N) is 1. The molecule has 0 aliphatic carbocycles. The lowest BCUT2D eigenvalue weighted by atomic mass is 10.1. The van der Waals surface area contributed by atoms with Crippen molar-refractivity contribution in [2.24, 2.45) is 0 Å². The molecule has 1 N–H and O–H groups in total. The molecule has 0 radical (unpaired) electrons. The van der Waals surface area contributed by atoms with Gasteiger partial charge in [-0.25, -0.2) is 0 Å². The van der Waals surface area contributed by atoms with Crippen LogP contribution in [0.2, 0.25) is 5.02 Å². The average Bonchev–Trinajstić information content (AvgIpc) is 2.22. The summed E-state index contributed by atoms with van der Waals surface area (Å²) in [6.45, 7) is 1.93. The molecule has 0 fully saturated rings. The van der Waals surface area contributed by atoms with Crippen molar-refractivity contribution < 1.29 is 5.11 Å². The summed E-state index contributed by atoms with van der Waals surface area (Å²) < 4.78 is 0. The third-order valence-electron chi connectivity index (χ3n) is 2.18. The van der Waals surface area contributed by atoms with Crippen LogP contribution in [-0.2, 0) is 0 Å². The van der Waals surface area contributed by atoms with Crippen LogP contribution in [0.3, 0.4) is 0 Å². The highest BCUT2D eigenvalue weighted by Gasteiger charge is 2.02. The third kappa shape index (κ3) is 2.10. The van der Waals surface area contributed by atoms with Gasteiger partial charge in [0.15, 0.2) is 0 Å². The van der Waals surface area contributed by atoms with E-state index < -0.39 is 0 Å². The molecule has 0 amide bonds. The van der Waals surface area contributed by atoms with Gasteiger partial charge in [-0.15, -0.1) is 0 Å². The van der Waals surface area contributed by atoms with Crippen LogP contribution in [0.4, 0.5) is 0 Å². The van der Waals surface area contributed by atoms with Crippen molar-refractivity contribution >= 4 is 11.6 Å². The van der Waals surface area contributed by atoms with Crippen LogP contribution >= 0.6 is 11.6 Å². The number of aromatic hydroxyl groups is 1. The van der Waals surface area contributed by atoms with Crippen LogP contribution < -0.4 is 0 Å². The van der Waals surface area contributed by atoms with Crippen molar-refractivity contribution in [3.05, 3.63) is 47.2 Å². The highest BCUT2D eigenvalue weighted by Crippen LogP contribution is 2.29. The monoisotopic (exact) mass is 219 g/mol. The molecule has 2 aromatic rings. The molecule has 3 heteroatoms. The number of phenolic OH excluding ortho intramolecular Hbond substituents is 1. The number of aromatic nitrogens is 1. The Morgan fingerprint density at radius 1 is 1.13 bits per heavy atom. The number of halogens is 1. The van der Waals surface area contributed by atoms with Gasteiger partial charge in [0.25, 0.3) is 0 Å². The van der Waals surface area contributed by atoms with Gasteiger partial charge in [0.1, 0.15) is 5.75 Å². The fourth-order valence-electron chi connectivity index (χ4n) is 1.42. The number of aryl methyl sites for hydroxylation is 1. The standard InChI is InChI=1S/C12H10ClNO/c1-8-6-10(4-5-14-8)9-2-3-11(13)12(15)7-9/h2-7,15H,1H3. The molecule has 0 aliphatic rings. The molecule has 0 saturated carbocycles. The molecule has 2 rings (SSSR count). The van der Waals surface area contributed by atoms with Gasteiger partial charge in [-0.1, -0.05) is 17.7 Å². The van der Waals surface area contributed by atoms with Crippen molar-refractivity contribution in [1.29, 1.82) is 0 Å². The Morgan fingerprint density at radius 3 is 2.53 bits per heavy atom. The van der Waals surface area contributed by atoms with Gasteiger partial charge >= 0.3 is 0 Å². The minimum Gasteiger partial charge on any atom is -0.506 e. The summed E-state index contributed by atoms with van der Waals surface area (Å²) >= 11 is 5.74. The fourth-order valence-corrected chi connectivity index (χ4v) is 1.53. The van der Waals surface area contributed by atoms with Crippen LogP contribution in [0.25, 0.3) is 11.1 Å². The van der Waals surface area contributed by atoms with E-state index in [-0.39, 0.29) is 5.75 Å². The number of phenols is 1. The van der Waals surface area contributed by atoms with Crippen molar-refractivity contribution in [1.82, 2.24) is 4.98 Å². The Hall–Kier alpha value is -1.54. The molecule has 0 unspecified atom stereocenters. The fraction of sp³-hybridized carbons (Fsp3) is 0.0833. The molecule has 0 spiro atoms. The normalized spacial score (nSPS) is 10.3. The minimum atomic E-state index is 0.101. The summed E-state index contributed by atoms with van der Waals surface area (Å²) in [5.74, 6) is 0.101. The largest absolute Gasteiger partial charge is 0.506 e. The highest BCUT2D eigenvalue weighted by molar-refractivity contribution is 6.32. The van der Waals surface area contributed by atoms with E-state index in [2.05, 4.69) is 4.98 Å². The van der Waals surface area contributed by atoms with Gasteiger partial charge in [0.05, 0.1) is 5.02 Å². The molecule has 0 bridgehead atoms. The van der Waals surface area contributed by atoms with Gasteiger partial charge in [0, 0.05) is 11.9 Å². The van der Waals surface area contributed by atoms with Crippen LogP contribution in [0, 0.1) is 6.92 Å². The highest BCUT2D eigenvalue weighted by atomic mass is 35.5. The van der Waals surface area contributed by atoms with Gasteiger partial charge in [-0.3, -0.25) is 4.98 Å². The van der Waals surface area contributed by atoms with E-state index in [1.54, 1.807) is 18.3 Å². The Kier molecular flexibility index (Phi) is 2.60. The zero-order valence-electron chi connectivity index (χ0n) is 8.24. The molecule has 0 saturated heterocycles. The maximum absolute atomic E-state index is 9.48. The first kappa shape index (κ1) is 9.99. The van der Waals surface area contributed by atoms with Gasteiger partial charge in [0.2, 0.25) is 0 Å². The Bertz CT molecular complexity index is 497. The van der Waals surface area contributed by atoms with E-state index in [0.717, 1.165) is 16.8 Å². The number of rotatable bonds is 1. The number of hydrogen-bond donors (Lipinski definition) is 1. The van der Waals surface area contributed by atoms with Gasteiger partial charge in [-0.05, 0) is 42.3 Å². The minimum absolute atomic E-state index is 0.101. The zero-order chi connectivity index (χ0) is 10.8. The first-order valence-electron chi connectivity index (χ1n) is 4.58. The predicted octanol–water partition coefficient (Wildman–Crippen LogP) is 3.42. The lowest BCUT2D eigenvalue weighted by Crippen LogP contribution is -1.82. The molecule has 1 heterocycles. The number of hydrogen-bond acceptors (Lipinski definition) is 2. The summed E-state index contributed by atoms with van der Waals surface area (Å²) in [4.78, 5) is 4.12. The summed E-state index contributed by atoms with van der Waals surface area (Å²) in [5.41, 5.74) is 2.90. The molecule has 76 valence electrons. The smallest absolute Gasteiger partial charge is 0.134 e. The molecule has 2 nitrogen and oxygen atoms in total. The van der Waals surface area contributed by atoms with E-state index in [1.165, 1.54) is 0 Å². The third-order valence-corrected chi connectivity index (χ3v) is 2.50. The predicted molar refractivity (Wildman–Crippen MR) is 61.1 cm³/mol. The van der Waals surface area contributed by atoms with Crippen molar-refractivity contribution in [2.45, 2.75) is 6.92 Å². The van der Waals surface area contributed by atoms with E-state index >= 15 is 0 Å². The summed E-state index contributed by atoms with van der Waals surface area (Å²) in [5, 5.41) is 9.85. The van der Waals surface area contributed by atoms with Gasteiger partial charge < -0.3 is 5.11 Å².